The molecule has 1 rings (SSSR count). The maximum Gasteiger partial charge on any atom is 0.159 e. The lowest BCUT2D eigenvalue weighted by Gasteiger charge is -2.02. The zero-order valence-corrected chi connectivity index (χ0v) is 8.29. The van der Waals surface area contributed by atoms with E-state index in [0.717, 1.165) is 11.1 Å². The SMILES string of the molecule is C/C=C\c1ccc(C(C)=O)cc1C. The van der Waals surface area contributed by atoms with Gasteiger partial charge in [-0.2, -0.15) is 0 Å². The Hall–Kier alpha value is -1.37. The molecule has 1 heteroatoms. The van der Waals surface area contributed by atoms with E-state index in [2.05, 4.69) is 0 Å². The van der Waals surface area contributed by atoms with E-state index >= 15 is 0 Å². The van der Waals surface area contributed by atoms with Crippen LogP contribution in [0, 0.1) is 6.92 Å². The monoisotopic (exact) mass is 174 g/mol. The molecule has 13 heavy (non-hydrogen) atoms. The van der Waals surface area contributed by atoms with Crippen molar-refractivity contribution in [3.63, 3.8) is 0 Å². The molecule has 0 aromatic heterocycles. The van der Waals surface area contributed by atoms with Crippen molar-refractivity contribution < 1.29 is 4.79 Å². The number of carbonyl (C=O) groups is 1. The third-order valence-electron chi connectivity index (χ3n) is 2.02. The fourth-order valence-corrected chi connectivity index (χ4v) is 1.26. The van der Waals surface area contributed by atoms with E-state index < -0.39 is 0 Å². The minimum Gasteiger partial charge on any atom is -0.295 e. The first kappa shape index (κ1) is 9.72. The first-order chi connectivity index (χ1) is 6.15. The van der Waals surface area contributed by atoms with Crippen LogP contribution in [-0.2, 0) is 0 Å². The van der Waals surface area contributed by atoms with Crippen molar-refractivity contribution in [3.8, 4) is 0 Å². The highest BCUT2D eigenvalue weighted by atomic mass is 16.1. The first-order valence-corrected chi connectivity index (χ1v) is 4.39. The summed E-state index contributed by atoms with van der Waals surface area (Å²) in [6, 6.07) is 5.77. The van der Waals surface area contributed by atoms with Crippen LogP contribution < -0.4 is 0 Å². The Morgan fingerprint density at radius 2 is 2.08 bits per heavy atom. The molecule has 0 saturated heterocycles. The van der Waals surface area contributed by atoms with Gasteiger partial charge in [-0.3, -0.25) is 4.79 Å². The molecular weight excluding hydrogens is 160 g/mol. The molecule has 0 N–H and O–H groups in total. The third kappa shape index (κ3) is 2.28. The van der Waals surface area contributed by atoms with Gasteiger partial charge in [0, 0.05) is 5.56 Å². The van der Waals surface area contributed by atoms with Gasteiger partial charge in [0.05, 0.1) is 0 Å². The molecule has 0 heterocycles. The van der Waals surface area contributed by atoms with E-state index in [1.54, 1.807) is 6.92 Å². The van der Waals surface area contributed by atoms with Gasteiger partial charge in [0.15, 0.2) is 5.78 Å². The van der Waals surface area contributed by atoms with Gasteiger partial charge in [0.1, 0.15) is 0 Å². The quantitative estimate of drug-likeness (QED) is 0.629. The highest BCUT2D eigenvalue weighted by Crippen LogP contribution is 2.13. The number of aryl methyl sites for hydroxylation is 1. The van der Waals surface area contributed by atoms with Gasteiger partial charge in [0.25, 0.3) is 0 Å². The molecule has 0 saturated carbocycles. The summed E-state index contributed by atoms with van der Waals surface area (Å²) in [6.07, 6.45) is 4.04. The van der Waals surface area contributed by atoms with Gasteiger partial charge in [-0.25, -0.2) is 0 Å². The third-order valence-corrected chi connectivity index (χ3v) is 2.02. The smallest absolute Gasteiger partial charge is 0.159 e. The predicted molar refractivity (Wildman–Crippen MR) is 55.9 cm³/mol. The molecule has 1 nitrogen and oxygen atoms in total. The molecule has 0 aliphatic carbocycles. The van der Waals surface area contributed by atoms with Crippen LogP contribution in [0.2, 0.25) is 0 Å². The van der Waals surface area contributed by atoms with Gasteiger partial charge in [-0.1, -0.05) is 24.3 Å². The number of Topliss-reactive ketones (excluding diaryl/α,β-unsaturated/α-hetero) is 1. The molecule has 0 spiro atoms. The summed E-state index contributed by atoms with van der Waals surface area (Å²) in [5.41, 5.74) is 3.10. The maximum atomic E-state index is 11.0. The average molecular weight is 174 g/mol. The zero-order valence-electron chi connectivity index (χ0n) is 8.29. The van der Waals surface area contributed by atoms with Crippen molar-refractivity contribution in [2.75, 3.05) is 0 Å². The van der Waals surface area contributed by atoms with Crippen molar-refractivity contribution >= 4 is 11.9 Å². The van der Waals surface area contributed by atoms with Gasteiger partial charge >= 0.3 is 0 Å². The molecule has 0 bridgehead atoms. The summed E-state index contributed by atoms with van der Waals surface area (Å²) < 4.78 is 0. The number of rotatable bonds is 2. The van der Waals surface area contributed by atoms with Gasteiger partial charge < -0.3 is 0 Å². The van der Waals surface area contributed by atoms with Crippen molar-refractivity contribution in [1.29, 1.82) is 0 Å². The largest absolute Gasteiger partial charge is 0.295 e. The van der Waals surface area contributed by atoms with Crippen molar-refractivity contribution in [2.24, 2.45) is 0 Å². The highest BCUT2D eigenvalue weighted by Gasteiger charge is 2.00. The molecule has 1 aromatic rings. The standard InChI is InChI=1S/C12H14O/c1-4-5-11-6-7-12(10(3)13)8-9(11)2/h4-8H,1-3H3/b5-4-. The first-order valence-electron chi connectivity index (χ1n) is 4.39. The molecule has 0 aliphatic rings. The number of carbonyl (C=O) groups excluding carboxylic acids is 1. The van der Waals surface area contributed by atoms with E-state index in [0.29, 0.717) is 0 Å². The van der Waals surface area contributed by atoms with Crippen LogP contribution in [0.25, 0.3) is 6.08 Å². The summed E-state index contributed by atoms with van der Waals surface area (Å²) in [5, 5.41) is 0. The molecular formula is C12H14O. The molecule has 0 aliphatic heterocycles. The van der Waals surface area contributed by atoms with Crippen LogP contribution in [0.1, 0.15) is 35.3 Å². The molecule has 0 radical (unpaired) electrons. The summed E-state index contributed by atoms with van der Waals surface area (Å²) in [7, 11) is 0. The van der Waals surface area contributed by atoms with Crippen LogP contribution in [-0.4, -0.2) is 5.78 Å². The minimum absolute atomic E-state index is 0.120. The molecule has 68 valence electrons. The Bertz CT molecular complexity index is 348. The lowest BCUT2D eigenvalue weighted by atomic mass is 10.0. The minimum atomic E-state index is 0.120. The predicted octanol–water partition coefficient (Wildman–Crippen LogP) is 3.23. The van der Waals surface area contributed by atoms with Crippen molar-refractivity contribution in [2.45, 2.75) is 20.8 Å². The summed E-state index contributed by atoms with van der Waals surface area (Å²) in [4.78, 5) is 11.0. The van der Waals surface area contributed by atoms with Gasteiger partial charge in [0.2, 0.25) is 0 Å². The average Bonchev–Trinajstić information content (AvgIpc) is 2.08. The maximum absolute atomic E-state index is 11.0. The fourth-order valence-electron chi connectivity index (χ4n) is 1.26. The van der Waals surface area contributed by atoms with E-state index in [4.69, 9.17) is 0 Å². The van der Waals surface area contributed by atoms with Crippen molar-refractivity contribution in [1.82, 2.24) is 0 Å². The van der Waals surface area contributed by atoms with Crippen LogP contribution in [0.4, 0.5) is 0 Å². The number of hydrogen-bond donors (Lipinski definition) is 0. The molecule has 0 fully saturated rings. The van der Waals surface area contributed by atoms with Crippen LogP contribution in [0.15, 0.2) is 24.3 Å². The number of benzene rings is 1. The molecule has 0 unspecified atom stereocenters. The van der Waals surface area contributed by atoms with E-state index in [9.17, 15) is 4.79 Å². The summed E-state index contributed by atoms with van der Waals surface area (Å²) in [6.45, 7) is 5.59. The Labute approximate surface area is 79.1 Å². The molecule has 0 atom stereocenters. The lowest BCUT2D eigenvalue weighted by Crippen LogP contribution is -1.93. The Kier molecular flexibility index (Phi) is 3.02. The van der Waals surface area contributed by atoms with E-state index in [1.807, 2.05) is 44.2 Å². The highest BCUT2D eigenvalue weighted by molar-refractivity contribution is 5.94. The second-order valence-corrected chi connectivity index (χ2v) is 3.13. The summed E-state index contributed by atoms with van der Waals surface area (Å²) >= 11 is 0. The van der Waals surface area contributed by atoms with E-state index in [-0.39, 0.29) is 5.78 Å². The van der Waals surface area contributed by atoms with Gasteiger partial charge in [-0.05, 0) is 38.0 Å². The molecule has 0 amide bonds. The number of ketones is 1. The van der Waals surface area contributed by atoms with Crippen LogP contribution in [0.5, 0.6) is 0 Å². The van der Waals surface area contributed by atoms with Crippen LogP contribution >= 0.6 is 0 Å². The Morgan fingerprint density at radius 3 is 2.54 bits per heavy atom. The Morgan fingerprint density at radius 1 is 1.38 bits per heavy atom. The normalized spacial score (nSPS) is 10.7. The zero-order chi connectivity index (χ0) is 9.84. The van der Waals surface area contributed by atoms with Crippen molar-refractivity contribution in [3.05, 3.63) is 41.0 Å². The second kappa shape index (κ2) is 4.04. The number of hydrogen-bond acceptors (Lipinski definition) is 1. The lowest BCUT2D eigenvalue weighted by molar-refractivity contribution is 0.101. The van der Waals surface area contributed by atoms with E-state index in [1.165, 1.54) is 5.56 Å². The number of allylic oxidation sites excluding steroid dienone is 1. The second-order valence-electron chi connectivity index (χ2n) is 3.13. The fraction of sp³-hybridized carbons (Fsp3) is 0.250. The topological polar surface area (TPSA) is 17.1 Å². The van der Waals surface area contributed by atoms with Gasteiger partial charge in [-0.15, -0.1) is 0 Å². The van der Waals surface area contributed by atoms with Crippen LogP contribution in [0.3, 0.4) is 0 Å². The molecule has 1 aromatic carbocycles. The Balaban J connectivity index is 3.12. The summed E-state index contributed by atoms with van der Waals surface area (Å²) in [5.74, 6) is 0.120.